The number of rotatable bonds is 3. The standard InChI is InChI=1S/C19H14BNO2/c20-13-6-7-14-15-9-16(21)19(10-18(15)23-17(14)8-13)22-11-12-4-2-1-3-5-12/h1-10H,11,21H2. The Labute approximate surface area is 135 Å². The Morgan fingerprint density at radius 1 is 0.913 bits per heavy atom. The lowest BCUT2D eigenvalue weighted by Crippen LogP contribution is -1.98. The fraction of sp³-hybridized carbons (Fsp3) is 0.0526. The smallest absolute Gasteiger partial charge is 0.146 e. The number of nitrogen functional groups attached to an aromatic ring is 1. The van der Waals surface area contributed by atoms with Gasteiger partial charge in [0.25, 0.3) is 0 Å². The highest BCUT2D eigenvalue weighted by Crippen LogP contribution is 2.35. The van der Waals surface area contributed by atoms with Crippen molar-refractivity contribution in [3.8, 4) is 5.75 Å². The van der Waals surface area contributed by atoms with Gasteiger partial charge in [-0.05, 0) is 17.7 Å². The van der Waals surface area contributed by atoms with Gasteiger partial charge in [0.05, 0.1) is 5.69 Å². The van der Waals surface area contributed by atoms with Gasteiger partial charge in [-0.2, -0.15) is 0 Å². The van der Waals surface area contributed by atoms with Gasteiger partial charge in [0, 0.05) is 16.8 Å². The van der Waals surface area contributed by atoms with E-state index < -0.39 is 0 Å². The maximum Gasteiger partial charge on any atom is 0.146 e. The second-order valence-electron chi connectivity index (χ2n) is 5.52. The lowest BCUT2D eigenvalue weighted by molar-refractivity contribution is 0.308. The van der Waals surface area contributed by atoms with Gasteiger partial charge in [-0.25, -0.2) is 0 Å². The number of hydrogen-bond acceptors (Lipinski definition) is 3. The zero-order valence-corrected chi connectivity index (χ0v) is 12.5. The van der Waals surface area contributed by atoms with Crippen molar-refractivity contribution in [2.24, 2.45) is 0 Å². The quantitative estimate of drug-likeness (QED) is 0.465. The van der Waals surface area contributed by atoms with Crippen LogP contribution in [0.1, 0.15) is 5.56 Å². The number of benzene rings is 3. The van der Waals surface area contributed by atoms with E-state index >= 15 is 0 Å². The normalized spacial score (nSPS) is 11.1. The molecule has 2 radical (unpaired) electrons. The molecule has 0 bridgehead atoms. The second-order valence-corrected chi connectivity index (χ2v) is 5.52. The molecule has 4 aromatic rings. The van der Waals surface area contributed by atoms with Gasteiger partial charge < -0.3 is 14.9 Å². The summed E-state index contributed by atoms with van der Waals surface area (Å²) in [5.41, 5.74) is 9.98. The van der Waals surface area contributed by atoms with Crippen molar-refractivity contribution in [2.75, 3.05) is 5.73 Å². The summed E-state index contributed by atoms with van der Waals surface area (Å²) < 4.78 is 11.7. The van der Waals surface area contributed by atoms with Crippen molar-refractivity contribution >= 4 is 40.9 Å². The zero-order chi connectivity index (χ0) is 15.8. The molecule has 0 aliphatic rings. The van der Waals surface area contributed by atoms with Crippen LogP contribution in [0.2, 0.25) is 0 Å². The van der Waals surface area contributed by atoms with Crippen molar-refractivity contribution < 1.29 is 9.15 Å². The van der Waals surface area contributed by atoms with Crippen LogP contribution < -0.4 is 15.9 Å². The van der Waals surface area contributed by atoms with E-state index in [2.05, 4.69) is 0 Å². The number of furan rings is 1. The topological polar surface area (TPSA) is 48.4 Å². The first-order valence-corrected chi connectivity index (χ1v) is 7.39. The molecular formula is C19H14BNO2. The number of fused-ring (bicyclic) bond motifs is 3. The summed E-state index contributed by atoms with van der Waals surface area (Å²) in [6, 6.07) is 19.3. The molecule has 4 heteroatoms. The zero-order valence-electron chi connectivity index (χ0n) is 12.5. The van der Waals surface area contributed by atoms with E-state index in [0.29, 0.717) is 23.5 Å². The van der Waals surface area contributed by atoms with Crippen LogP contribution in [0.4, 0.5) is 5.69 Å². The molecule has 0 atom stereocenters. The summed E-state index contributed by atoms with van der Waals surface area (Å²) in [6.07, 6.45) is 0. The van der Waals surface area contributed by atoms with Gasteiger partial charge >= 0.3 is 0 Å². The minimum atomic E-state index is 0.462. The van der Waals surface area contributed by atoms with Gasteiger partial charge in [0.1, 0.15) is 31.4 Å². The molecule has 110 valence electrons. The van der Waals surface area contributed by atoms with Gasteiger partial charge in [-0.15, -0.1) is 0 Å². The molecule has 0 aliphatic carbocycles. The highest BCUT2D eigenvalue weighted by molar-refractivity contribution is 6.33. The first-order valence-electron chi connectivity index (χ1n) is 7.39. The molecule has 4 rings (SSSR count). The molecule has 0 unspecified atom stereocenters. The molecule has 23 heavy (non-hydrogen) atoms. The Bertz CT molecular complexity index is 993. The van der Waals surface area contributed by atoms with Crippen LogP contribution in [0.5, 0.6) is 5.75 Å². The highest BCUT2D eigenvalue weighted by Gasteiger charge is 2.11. The molecule has 1 heterocycles. The molecule has 0 saturated carbocycles. The van der Waals surface area contributed by atoms with Crippen molar-refractivity contribution in [1.29, 1.82) is 0 Å². The predicted octanol–water partition coefficient (Wildman–Crippen LogP) is 3.54. The second kappa shape index (κ2) is 5.40. The third-order valence-electron chi connectivity index (χ3n) is 3.86. The summed E-state index contributed by atoms with van der Waals surface area (Å²) in [5.74, 6) is 0.619. The molecule has 2 N–H and O–H groups in total. The largest absolute Gasteiger partial charge is 0.487 e. The number of anilines is 1. The molecule has 0 amide bonds. The van der Waals surface area contributed by atoms with Crippen LogP contribution in [0, 0.1) is 0 Å². The number of ether oxygens (including phenoxy) is 1. The van der Waals surface area contributed by atoms with Crippen molar-refractivity contribution in [2.45, 2.75) is 6.61 Å². The van der Waals surface area contributed by atoms with Crippen LogP contribution in [-0.2, 0) is 6.61 Å². The summed E-state index contributed by atoms with van der Waals surface area (Å²) in [7, 11) is 5.81. The van der Waals surface area contributed by atoms with E-state index in [1.54, 1.807) is 0 Å². The molecule has 1 aromatic heterocycles. The van der Waals surface area contributed by atoms with Crippen LogP contribution in [0.3, 0.4) is 0 Å². The third-order valence-corrected chi connectivity index (χ3v) is 3.86. The first-order chi connectivity index (χ1) is 11.2. The Morgan fingerprint density at radius 2 is 1.70 bits per heavy atom. The highest BCUT2D eigenvalue weighted by atomic mass is 16.5. The number of hydrogen-bond donors (Lipinski definition) is 1. The van der Waals surface area contributed by atoms with E-state index in [-0.39, 0.29) is 0 Å². The summed E-state index contributed by atoms with van der Waals surface area (Å²) in [4.78, 5) is 0. The van der Waals surface area contributed by atoms with Crippen molar-refractivity contribution in [3.05, 3.63) is 66.2 Å². The Morgan fingerprint density at radius 3 is 2.52 bits per heavy atom. The SMILES string of the molecule is [B]c1ccc2c(c1)oc1cc(OCc3ccccc3)c(N)cc12. The van der Waals surface area contributed by atoms with Gasteiger partial charge in [-0.1, -0.05) is 47.9 Å². The van der Waals surface area contributed by atoms with E-state index in [1.165, 1.54) is 0 Å². The summed E-state index contributed by atoms with van der Waals surface area (Å²) >= 11 is 0. The Hall–Kier alpha value is -2.88. The lowest BCUT2D eigenvalue weighted by atomic mass is 9.95. The first kappa shape index (κ1) is 13.8. The van der Waals surface area contributed by atoms with E-state index in [1.807, 2.05) is 60.7 Å². The van der Waals surface area contributed by atoms with Crippen molar-refractivity contribution in [3.63, 3.8) is 0 Å². The predicted molar refractivity (Wildman–Crippen MR) is 94.3 cm³/mol. The van der Waals surface area contributed by atoms with Crippen LogP contribution in [-0.4, -0.2) is 7.85 Å². The molecule has 0 fully saturated rings. The molecule has 0 aliphatic heterocycles. The van der Waals surface area contributed by atoms with Crippen LogP contribution >= 0.6 is 0 Å². The van der Waals surface area contributed by atoms with Gasteiger partial charge in [0.15, 0.2) is 0 Å². The molecule has 3 aromatic carbocycles. The number of nitrogens with two attached hydrogens (primary N) is 1. The van der Waals surface area contributed by atoms with Gasteiger partial charge in [0.2, 0.25) is 0 Å². The van der Waals surface area contributed by atoms with Gasteiger partial charge in [-0.3, -0.25) is 0 Å². The molecule has 0 spiro atoms. The molecule has 3 nitrogen and oxygen atoms in total. The molecule has 0 saturated heterocycles. The third kappa shape index (κ3) is 2.53. The maximum absolute atomic E-state index is 6.14. The Kier molecular flexibility index (Phi) is 3.23. The fourth-order valence-corrected chi connectivity index (χ4v) is 2.70. The van der Waals surface area contributed by atoms with E-state index in [0.717, 1.165) is 27.5 Å². The average Bonchev–Trinajstić information content (AvgIpc) is 2.90. The molecular weight excluding hydrogens is 285 g/mol. The summed E-state index contributed by atoms with van der Waals surface area (Å²) in [6.45, 7) is 0.462. The lowest BCUT2D eigenvalue weighted by Gasteiger charge is -2.09. The fourth-order valence-electron chi connectivity index (χ4n) is 2.70. The van der Waals surface area contributed by atoms with E-state index in [4.69, 9.17) is 22.7 Å². The van der Waals surface area contributed by atoms with Crippen LogP contribution in [0.25, 0.3) is 21.9 Å². The van der Waals surface area contributed by atoms with Crippen molar-refractivity contribution in [1.82, 2.24) is 0 Å². The monoisotopic (exact) mass is 299 g/mol. The average molecular weight is 299 g/mol. The summed E-state index contributed by atoms with van der Waals surface area (Å²) in [5, 5.41) is 1.96. The Balaban J connectivity index is 1.73. The van der Waals surface area contributed by atoms with E-state index in [9.17, 15) is 0 Å². The minimum Gasteiger partial charge on any atom is -0.487 e. The minimum absolute atomic E-state index is 0.462. The van der Waals surface area contributed by atoms with Crippen LogP contribution in [0.15, 0.2) is 65.1 Å². The maximum atomic E-state index is 6.14.